The highest BCUT2D eigenvalue weighted by atomic mass is 79.9. The van der Waals surface area contributed by atoms with Gasteiger partial charge in [-0.25, -0.2) is 0 Å². The van der Waals surface area contributed by atoms with Crippen LogP contribution in [0.1, 0.15) is 19.8 Å². The summed E-state index contributed by atoms with van der Waals surface area (Å²) in [6.45, 7) is 3.17. The first-order chi connectivity index (χ1) is 8.31. The molecule has 90 valence electrons. The fourth-order valence-electron chi connectivity index (χ4n) is 1.57. The summed E-state index contributed by atoms with van der Waals surface area (Å²) in [7, 11) is 0. The Morgan fingerprint density at radius 3 is 2.59 bits per heavy atom. The van der Waals surface area contributed by atoms with Crippen LogP contribution in [0.15, 0.2) is 34.2 Å². The van der Waals surface area contributed by atoms with Gasteiger partial charge in [-0.15, -0.1) is 10.2 Å². The number of hydrogen-bond donors (Lipinski definition) is 0. The monoisotopic (exact) mass is 311 g/mol. The molecule has 0 fully saturated rings. The lowest BCUT2D eigenvalue weighted by molar-refractivity contribution is 0.780. The van der Waals surface area contributed by atoms with Gasteiger partial charge in [-0.1, -0.05) is 42.9 Å². The maximum absolute atomic E-state index is 4.19. The van der Waals surface area contributed by atoms with Crippen LogP contribution < -0.4 is 4.90 Å². The highest BCUT2D eigenvalue weighted by Gasteiger charge is 2.13. The van der Waals surface area contributed by atoms with Crippen molar-refractivity contribution in [1.29, 1.82) is 0 Å². The number of hydrogen-bond acceptors (Lipinski definition) is 4. The number of rotatable bonds is 5. The van der Waals surface area contributed by atoms with Gasteiger partial charge in [0, 0.05) is 12.2 Å². The molecule has 0 bridgehead atoms. The molecule has 0 N–H and O–H groups in total. The molecule has 2 rings (SSSR count). The van der Waals surface area contributed by atoms with E-state index >= 15 is 0 Å². The van der Waals surface area contributed by atoms with Crippen molar-refractivity contribution in [3.63, 3.8) is 0 Å². The van der Waals surface area contributed by atoms with E-state index in [9.17, 15) is 0 Å². The van der Waals surface area contributed by atoms with Crippen LogP contribution in [-0.2, 0) is 0 Å². The lowest BCUT2D eigenvalue weighted by atomic mass is 10.2. The van der Waals surface area contributed by atoms with Crippen LogP contribution in [-0.4, -0.2) is 16.7 Å². The van der Waals surface area contributed by atoms with Gasteiger partial charge in [0.2, 0.25) is 5.13 Å². The SMILES string of the molecule is CCCCN(c1ccccc1)c1nnc(Br)s1. The Hall–Kier alpha value is -0.940. The smallest absolute Gasteiger partial charge is 0.213 e. The van der Waals surface area contributed by atoms with Crippen molar-refractivity contribution in [3.8, 4) is 0 Å². The zero-order chi connectivity index (χ0) is 12.1. The maximum atomic E-state index is 4.19. The standard InChI is InChI=1S/C12H14BrN3S/c1-2-3-9-16(10-7-5-4-6-8-10)12-15-14-11(13)17-12/h4-8H,2-3,9H2,1H3. The first-order valence-corrected chi connectivity index (χ1v) is 7.24. The average molecular weight is 312 g/mol. The first-order valence-electron chi connectivity index (χ1n) is 5.63. The van der Waals surface area contributed by atoms with Gasteiger partial charge in [0.15, 0.2) is 3.92 Å². The molecule has 0 saturated heterocycles. The van der Waals surface area contributed by atoms with Crippen LogP contribution in [0.3, 0.4) is 0 Å². The summed E-state index contributed by atoms with van der Waals surface area (Å²) in [6.07, 6.45) is 2.31. The van der Waals surface area contributed by atoms with E-state index in [0.717, 1.165) is 22.0 Å². The molecule has 0 unspecified atom stereocenters. The molecule has 0 aliphatic carbocycles. The first kappa shape index (κ1) is 12.5. The van der Waals surface area contributed by atoms with Gasteiger partial charge in [-0.3, -0.25) is 0 Å². The molecule has 0 radical (unpaired) electrons. The van der Waals surface area contributed by atoms with Crippen LogP contribution in [0.5, 0.6) is 0 Å². The summed E-state index contributed by atoms with van der Waals surface area (Å²) in [6, 6.07) is 10.3. The zero-order valence-corrected chi connectivity index (χ0v) is 12.0. The van der Waals surface area contributed by atoms with Crippen molar-refractivity contribution in [3.05, 3.63) is 34.2 Å². The number of aromatic nitrogens is 2. The number of benzene rings is 1. The Kier molecular flexibility index (Phi) is 4.50. The van der Waals surface area contributed by atoms with Crippen molar-refractivity contribution in [2.45, 2.75) is 19.8 Å². The quantitative estimate of drug-likeness (QED) is 0.827. The molecule has 0 spiro atoms. The number of anilines is 2. The highest BCUT2D eigenvalue weighted by Crippen LogP contribution is 2.30. The van der Waals surface area contributed by atoms with E-state index in [2.05, 4.69) is 50.1 Å². The van der Waals surface area contributed by atoms with Crippen molar-refractivity contribution < 1.29 is 0 Å². The van der Waals surface area contributed by atoms with Crippen molar-refractivity contribution in [2.75, 3.05) is 11.4 Å². The van der Waals surface area contributed by atoms with E-state index in [4.69, 9.17) is 0 Å². The third kappa shape index (κ3) is 3.26. The molecule has 0 amide bonds. The van der Waals surface area contributed by atoms with Gasteiger partial charge in [-0.05, 0) is 34.5 Å². The second-order valence-electron chi connectivity index (χ2n) is 3.68. The molecule has 17 heavy (non-hydrogen) atoms. The van der Waals surface area contributed by atoms with E-state index in [1.807, 2.05) is 18.2 Å². The molecule has 1 aromatic carbocycles. The summed E-state index contributed by atoms with van der Waals surface area (Å²) in [5.41, 5.74) is 1.17. The lowest BCUT2D eigenvalue weighted by Crippen LogP contribution is -2.18. The molecule has 0 atom stereocenters. The third-order valence-electron chi connectivity index (χ3n) is 2.42. The minimum atomic E-state index is 0.824. The molecule has 5 heteroatoms. The Morgan fingerprint density at radius 2 is 2.00 bits per heavy atom. The largest absolute Gasteiger partial charge is 0.316 e. The molecule has 0 aliphatic heterocycles. The second kappa shape index (κ2) is 6.12. The van der Waals surface area contributed by atoms with Gasteiger partial charge in [-0.2, -0.15) is 0 Å². The zero-order valence-electron chi connectivity index (χ0n) is 9.64. The van der Waals surface area contributed by atoms with Crippen LogP contribution in [0.25, 0.3) is 0 Å². The maximum Gasteiger partial charge on any atom is 0.213 e. The minimum absolute atomic E-state index is 0.824. The molecule has 2 aromatic rings. The molecule has 0 aliphatic rings. The fraction of sp³-hybridized carbons (Fsp3) is 0.333. The van der Waals surface area contributed by atoms with Gasteiger partial charge in [0.05, 0.1) is 0 Å². The number of unbranched alkanes of at least 4 members (excludes halogenated alkanes) is 1. The topological polar surface area (TPSA) is 29.0 Å². The van der Waals surface area contributed by atoms with Crippen molar-refractivity contribution in [2.24, 2.45) is 0 Å². The highest BCUT2D eigenvalue weighted by molar-refractivity contribution is 9.11. The number of halogens is 1. The average Bonchev–Trinajstić information content (AvgIpc) is 2.78. The van der Waals surface area contributed by atoms with Gasteiger partial charge < -0.3 is 4.90 Å². The summed E-state index contributed by atoms with van der Waals surface area (Å²) in [4.78, 5) is 2.21. The summed E-state index contributed by atoms with van der Waals surface area (Å²) >= 11 is 4.92. The number of para-hydroxylation sites is 1. The van der Waals surface area contributed by atoms with E-state index in [1.54, 1.807) is 11.3 Å². The number of nitrogens with zero attached hydrogens (tertiary/aromatic N) is 3. The minimum Gasteiger partial charge on any atom is -0.316 e. The van der Waals surface area contributed by atoms with Gasteiger partial charge in [0.1, 0.15) is 0 Å². The van der Waals surface area contributed by atoms with Crippen LogP contribution in [0.2, 0.25) is 0 Å². The molecule has 3 nitrogen and oxygen atoms in total. The molecule has 1 heterocycles. The van der Waals surface area contributed by atoms with Crippen LogP contribution in [0, 0.1) is 0 Å². The van der Waals surface area contributed by atoms with E-state index in [1.165, 1.54) is 12.1 Å². The van der Waals surface area contributed by atoms with Crippen LogP contribution in [0.4, 0.5) is 10.8 Å². The van der Waals surface area contributed by atoms with Crippen LogP contribution >= 0.6 is 27.3 Å². The fourth-order valence-corrected chi connectivity index (χ4v) is 2.70. The van der Waals surface area contributed by atoms with Crippen molar-refractivity contribution >= 4 is 38.1 Å². The van der Waals surface area contributed by atoms with E-state index in [-0.39, 0.29) is 0 Å². The Labute approximate surface area is 114 Å². The molecular formula is C12H14BrN3S. The summed E-state index contributed by atoms with van der Waals surface area (Å²) in [5, 5.41) is 9.15. The Balaban J connectivity index is 2.25. The van der Waals surface area contributed by atoms with E-state index in [0.29, 0.717) is 0 Å². The van der Waals surface area contributed by atoms with E-state index < -0.39 is 0 Å². The van der Waals surface area contributed by atoms with Gasteiger partial charge in [0.25, 0.3) is 0 Å². The lowest BCUT2D eigenvalue weighted by Gasteiger charge is -2.20. The van der Waals surface area contributed by atoms with Crippen molar-refractivity contribution in [1.82, 2.24) is 10.2 Å². The second-order valence-corrected chi connectivity index (χ2v) is 5.91. The summed E-state index contributed by atoms with van der Waals surface area (Å²) < 4.78 is 0.824. The van der Waals surface area contributed by atoms with Gasteiger partial charge >= 0.3 is 0 Å². The molecule has 1 aromatic heterocycles. The molecule has 0 saturated carbocycles. The summed E-state index contributed by atoms with van der Waals surface area (Å²) in [5.74, 6) is 0. The normalized spacial score (nSPS) is 10.5. The Morgan fingerprint density at radius 1 is 1.24 bits per heavy atom. The Bertz CT molecular complexity index is 458. The predicted octanol–water partition coefficient (Wildman–Crippen LogP) is 4.24. The predicted molar refractivity (Wildman–Crippen MR) is 76.0 cm³/mol. The third-order valence-corrected chi connectivity index (χ3v) is 3.80. The molecular weight excluding hydrogens is 298 g/mol.